The Morgan fingerprint density at radius 1 is 1.09 bits per heavy atom. The molecule has 3 aliphatic carbocycles. The highest BCUT2D eigenvalue weighted by Crippen LogP contribution is 2.41. The van der Waals surface area contributed by atoms with Gasteiger partial charge in [-0.05, 0) is 67.4 Å². The van der Waals surface area contributed by atoms with Crippen LogP contribution in [0.25, 0.3) is 0 Å². The molecule has 0 spiro atoms. The number of fused-ring (bicyclic) bond motifs is 3. The Kier molecular flexibility index (Phi) is 4.14. The average molecular weight is 312 g/mol. The predicted octanol–water partition coefficient (Wildman–Crippen LogP) is 2.67. The highest BCUT2D eigenvalue weighted by molar-refractivity contribution is 5.78. The summed E-state index contributed by atoms with van der Waals surface area (Å²) in [5, 5.41) is 3.25. The van der Waals surface area contributed by atoms with Gasteiger partial charge >= 0.3 is 0 Å². The van der Waals surface area contributed by atoms with Gasteiger partial charge in [0.25, 0.3) is 0 Å². The van der Waals surface area contributed by atoms with Crippen molar-refractivity contribution in [2.75, 3.05) is 6.54 Å². The minimum absolute atomic E-state index is 0.203. The van der Waals surface area contributed by atoms with Crippen molar-refractivity contribution in [2.24, 2.45) is 29.4 Å². The molecule has 0 saturated heterocycles. The van der Waals surface area contributed by atoms with E-state index in [1.165, 1.54) is 30.4 Å². The quantitative estimate of drug-likeness (QED) is 0.901. The summed E-state index contributed by atoms with van der Waals surface area (Å²) in [5.41, 5.74) is 9.26. The molecule has 2 atom stereocenters. The lowest BCUT2D eigenvalue weighted by Crippen LogP contribution is -2.49. The maximum Gasteiger partial charge on any atom is 0.223 e. The first-order chi connectivity index (χ1) is 11.2. The van der Waals surface area contributed by atoms with Crippen molar-refractivity contribution < 1.29 is 4.79 Å². The van der Waals surface area contributed by atoms with Gasteiger partial charge in [0, 0.05) is 18.5 Å². The third-order valence-electron chi connectivity index (χ3n) is 6.48. The largest absolute Gasteiger partial charge is 0.356 e. The Labute approximate surface area is 139 Å². The Morgan fingerprint density at radius 3 is 2.30 bits per heavy atom. The van der Waals surface area contributed by atoms with Crippen molar-refractivity contribution in [3.63, 3.8) is 0 Å². The van der Waals surface area contributed by atoms with Crippen LogP contribution in [0.5, 0.6) is 0 Å². The number of nitrogens with one attached hydrogen (secondary N) is 1. The molecule has 2 unspecified atom stereocenters. The van der Waals surface area contributed by atoms with E-state index < -0.39 is 0 Å². The number of hydrogen-bond acceptors (Lipinski definition) is 2. The molecule has 4 rings (SSSR count). The van der Waals surface area contributed by atoms with Crippen LogP contribution in [0.3, 0.4) is 0 Å². The fourth-order valence-corrected chi connectivity index (χ4v) is 5.19. The maximum atomic E-state index is 12.6. The van der Waals surface area contributed by atoms with Crippen LogP contribution in [0.15, 0.2) is 24.3 Å². The van der Waals surface area contributed by atoms with Gasteiger partial charge in [-0.15, -0.1) is 0 Å². The minimum Gasteiger partial charge on any atom is -0.356 e. The molecular formula is C20H28N2O. The molecule has 0 heterocycles. The van der Waals surface area contributed by atoms with E-state index in [0.717, 1.165) is 32.2 Å². The van der Waals surface area contributed by atoms with Gasteiger partial charge in [0.05, 0.1) is 0 Å². The summed E-state index contributed by atoms with van der Waals surface area (Å²) < 4.78 is 0. The highest BCUT2D eigenvalue weighted by atomic mass is 16.1. The molecule has 23 heavy (non-hydrogen) atoms. The van der Waals surface area contributed by atoms with Crippen molar-refractivity contribution in [1.82, 2.24) is 5.32 Å². The topological polar surface area (TPSA) is 55.1 Å². The van der Waals surface area contributed by atoms with Crippen LogP contribution in [0.1, 0.15) is 43.2 Å². The summed E-state index contributed by atoms with van der Waals surface area (Å²) in [6.07, 6.45) is 7.98. The number of carbonyl (C=O) groups excluding carboxylic acids is 1. The van der Waals surface area contributed by atoms with Crippen molar-refractivity contribution >= 4 is 5.91 Å². The van der Waals surface area contributed by atoms with Crippen LogP contribution in [0, 0.1) is 23.7 Å². The Hall–Kier alpha value is -1.35. The minimum atomic E-state index is 0.203. The second kappa shape index (κ2) is 6.27. The average Bonchev–Trinajstić information content (AvgIpc) is 2.95. The van der Waals surface area contributed by atoms with Gasteiger partial charge in [-0.25, -0.2) is 0 Å². The Bertz CT molecular complexity index is 546. The summed E-state index contributed by atoms with van der Waals surface area (Å²) in [7, 11) is 0. The van der Waals surface area contributed by atoms with Crippen LogP contribution in [-0.4, -0.2) is 18.5 Å². The van der Waals surface area contributed by atoms with E-state index in [4.69, 9.17) is 5.73 Å². The summed E-state index contributed by atoms with van der Waals surface area (Å²) in [6.45, 7) is 0.825. The van der Waals surface area contributed by atoms with E-state index in [2.05, 4.69) is 29.6 Å². The Morgan fingerprint density at radius 2 is 1.70 bits per heavy atom. The molecule has 3 aliphatic rings. The van der Waals surface area contributed by atoms with E-state index in [1.807, 2.05) is 0 Å². The van der Waals surface area contributed by atoms with Crippen molar-refractivity contribution in [3.05, 3.63) is 35.4 Å². The zero-order valence-corrected chi connectivity index (χ0v) is 13.8. The van der Waals surface area contributed by atoms with E-state index in [1.54, 1.807) is 0 Å². The van der Waals surface area contributed by atoms with Crippen molar-refractivity contribution in [1.29, 1.82) is 0 Å². The van der Waals surface area contributed by atoms with Gasteiger partial charge in [-0.3, -0.25) is 4.79 Å². The summed E-state index contributed by atoms with van der Waals surface area (Å²) >= 11 is 0. The van der Waals surface area contributed by atoms with E-state index >= 15 is 0 Å². The first-order valence-electron chi connectivity index (χ1n) is 9.31. The van der Waals surface area contributed by atoms with Gasteiger partial charge in [0.1, 0.15) is 0 Å². The molecule has 2 fully saturated rings. The fraction of sp³-hybridized carbons (Fsp3) is 0.650. The van der Waals surface area contributed by atoms with Gasteiger partial charge < -0.3 is 11.1 Å². The first kappa shape index (κ1) is 15.2. The molecule has 3 N–H and O–H groups in total. The van der Waals surface area contributed by atoms with E-state index in [-0.39, 0.29) is 11.8 Å². The van der Waals surface area contributed by atoms with Crippen LogP contribution in [0.4, 0.5) is 0 Å². The molecular weight excluding hydrogens is 284 g/mol. The lowest BCUT2D eigenvalue weighted by Gasteiger charge is -2.43. The predicted molar refractivity (Wildman–Crippen MR) is 91.9 cm³/mol. The monoisotopic (exact) mass is 312 g/mol. The molecule has 2 bridgehead atoms. The maximum absolute atomic E-state index is 12.6. The fourth-order valence-electron chi connectivity index (χ4n) is 5.19. The molecule has 1 aromatic carbocycles. The number of rotatable bonds is 3. The number of nitrogens with two attached hydrogens (primary N) is 1. The van der Waals surface area contributed by atoms with Gasteiger partial charge in [-0.1, -0.05) is 30.7 Å². The van der Waals surface area contributed by atoms with E-state index in [0.29, 0.717) is 23.8 Å². The highest BCUT2D eigenvalue weighted by Gasteiger charge is 2.40. The molecule has 1 aromatic rings. The second-order valence-electron chi connectivity index (χ2n) is 7.98. The number of hydrogen-bond donors (Lipinski definition) is 2. The van der Waals surface area contributed by atoms with Crippen LogP contribution >= 0.6 is 0 Å². The standard InChI is InChI=1S/C20H28N2O/c21-19-16-6-3-7-17(19)11-18(10-16)20(23)22-12-13-8-14-4-1-2-5-15(14)9-13/h1-2,4-5,13,16-19H,3,6-12,21H2,(H,22,23). The zero-order valence-electron chi connectivity index (χ0n) is 13.8. The van der Waals surface area contributed by atoms with Crippen molar-refractivity contribution in [2.45, 2.75) is 51.0 Å². The smallest absolute Gasteiger partial charge is 0.223 e. The normalized spacial score (nSPS) is 33.3. The molecule has 0 aromatic heterocycles. The van der Waals surface area contributed by atoms with Crippen LogP contribution in [-0.2, 0) is 17.6 Å². The Balaban J connectivity index is 1.30. The lowest BCUT2D eigenvalue weighted by atomic mass is 9.65. The lowest BCUT2D eigenvalue weighted by molar-refractivity contribution is -0.128. The summed E-state index contributed by atoms with van der Waals surface area (Å²) in [5.74, 6) is 2.21. The molecule has 0 radical (unpaired) electrons. The second-order valence-corrected chi connectivity index (χ2v) is 7.98. The van der Waals surface area contributed by atoms with Gasteiger partial charge in [-0.2, -0.15) is 0 Å². The van der Waals surface area contributed by atoms with E-state index in [9.17, 15) is 4.79 Å². The molecule has 3 heteroatoms. The van der Waals surface area contributed by atoms with Gasteiger partial charge in [0.2, 0.25) is 5.91 Å². The number of carbonyl (C=O) groups is 1. The first-order valence-corrected chi connectivity index (χ1v) is 9.31. The third-order valence-corrected chi connectivity index (χ3v) is 6.48. The number of benzene rings is 1. The van der Waals surface area contributed by atoms with Crippen LogP contribution < -0.4 is 11.1 Å². The molecule has 2 saturated carbocycles. The van der Waals surface area contributed by atoms with Gasteiger partial charge in [0.15, 0.2) is 0 Å². The number of amides is 1. The zero-order chi connectivity index (χ0) is 15.8. The van der Waals surface area contributed by atoms with Crippen LogP contribution in [0.2, 0.25) is 0 Å². The summed E-state index contributed by atoms with van der Waals surface area (Å²) in [4.78, 5) is 12.6. The summed E-state index contributed by atoms with van der Waals surface area (Å²) in [6, 6.07) is 9.02. The molecule has 0 aliphatic heterocycles. The van der Waals surface area contributed by atoms with Crippen molar-refractivity contribution in [3.8, 4) is 0 Å². The third kappa shape index (κ3) is 3.03. The molecule has 1 amide bonds. The SMILES string of the molecule is NC1C2CCCC1CC(C(=O)NCC1Cc3ccccc3C1)C2. The molecule has 3 nitrogen and oxygen atoms in total. The molecule has 124 valence electrons.